The zero-order valence-corrected chi connectivity index (χ0v) is 12.0. The van der Waals surface area contributed by atoms with Gasteiger partial charge in [0.1, 0.15) is 0 Å². The number of hydrogen-bond acceptors (Lipinski definition) is 3. The molecule has 1 saturated heterocycles. The quantitative estimate of drug-likeness (QED) is 0.901. The van der Waals surface area contributed by atoms with E-state index in [9.17, 15) is 0 Å². The molecule has 1 aromatic heterocycles. The Morgan fingerprint density at radius 2 is 1.95 bits per heavy atom. The Hall–Kier alpha value is -1.81. The molecule has 0 saturated carbocycles. The van der Waals surface area contributed by atoms with Crippen molar-refractivity contribution in [1.29, 1.82) is 0 Å². The minimum Gasteiger partial charge on any atom is -0.355 e. The van der Waals surface area contributed by atoms with Gasteiger partial charge in [-0.15, -0.1) is 0 Å². The highest BCUT2D eigenvalue weighted by molar-refractivity contribution is 5.63. The van der Waals surface area contributed by atoms with Gasteiger partial charge in [0.15, 0.2) is 5.82 Å². The summed E-state index contributed by atoms with van der Waals surface area (Å²) in [7, 11) is 0. The lowest BCUT2D eigenvalue weighted by Crippen LogP contribution is -2.39. The third-order valence-electron chi connectivity index (χ3n) is 4.10. The van der Waals surface area contributed by atoms with Crippen LogP contribution >= 0.6 is 0 Å². The number of hydrogen-bond donors (Lipinski definition) is 2. The molecule has 1 aliphatic rings. The normalized spacial score (nSPS) is 16.6. The number of H-pyrrole nitrogens is 1. The predicted molar refractivity (Wildman–Crippen MR) is 82.8 cm³/mol. The Morgan fingerprint density at radius 1 is 1.25 bits per heavy atom. The highest BCUT2D eigenvalue weighted by atomic mass is 15.3. The van der Waals surface area contributed by atoms with Crippen molar-refractivity contribution in [2.45, 2.75) is 32.2 Å². The largest absolute Gasteiger partial charge is 0.355 e. The molecule has 4 nitrogen and oxygen atoms in total. The number of anilines is 1. The van der Waals surface area contributed by atoms with Crippen LogP contribution in [0.3, 0.4) is 0 Å². The minimum absolute atomic E-state index is 0.353. The molecular weight excluding hydrogens is 248 g/mol. The molecule has 0 amide bonds. The second kappa shape index (κ2) is 5.67. The number of aromatic nitrogens is 2. The first kappa shape index (κ1) is 13.2. The zero-order valence-electron chi connectivity index (χ0n) is 12.0. The molecule has 0 bridgehead atoms. The van der Waals surface area contributed by atoms with Crippen molar-refractivity contribution < 1.29 is 0 Å². The lowest BCUT2D eigenvalue weighted by molar-refractivity contribution is 0.498. The molecule has 0 aliphatic carbocycles. The number of benzene rings is 1. The monoisotopic (exact) mass is 270 g/mol. The first-order valence-corrected chi connectivity index (χ1v) is 7.41. The SMILES string of the molecule is CCc1ccc(-c2cc(N3CCC(N)CC3)n[nH]2)cc1. The van der Waals surface area contributed by atoms with Crippen molar-refractivity contribution in [3.63, 3.8) is 0 Å². The predicted octanol–water partition coefficient (Wildman–Crippen LogP) is 2.57. The standard InChI is InChI=1S/C16H22N4/c1-2-12-3-5-13(6-4-12)15-11-16(19-18-15)20-9-7-14(17)8-10-20/h3-6,11,14H,2,7-10,17H2,1H3,(H,18,19). The number of nitrogens with two attached hydrogens (primary N) is 1. The van der Waals surface area contributed by atoms with Crippen LogP contribution in [0, 0.1) is 0 Å². The Balaban J connectivity index is 1.75. The van der Waals surface area contributed by atoms with Crippen LogP contribution in [0.1, 0.15) is 25.3 Å². The van der Waals surface area contributed by atoms with E-state index in [0.717, 1.165) is 43.9 Å². The van der Waals surface area contributed by atoms with Crippen molar-refractivity contribution in [2.24, 2.45) is 5.73 Å². The molecule has 106 valence electrons. The second-order valence-corrected chi connectivity index (χ2v) is 5.51. The summed E-state index contributed by atoms with van der Waals surface area (Å²) in [5.41, 5.74) is 9.57. The Morgan fingerprint density at radius 3 is 2.60 bits per heavy atom. The van der Waals surface area contributed by atoms with Crippen molar-refractivity contribution in [3.05, 3.63) is 35.9 Å². The molecule has 3 rings (SSSR count). The third kappa shape index (κ3) is 2.70. The molecule has 20 heavy (non-hydrogen) atoms. The van der Waals surface area contributed by atoms with Crippen LogP contribution in [0.15, 0.2) is 30.3 Å². The van der Waals surface area contributed by atoms with E-state index in [1.54, 1.807) is 0 Å². The van der Waals surface area contributed by atoms with Gasteiger partial charge in [-0.1, -0.05) is 31.2 Å². The summed E-state index contributed by atoms with van der Waals surface area (Å²) in [5.74, 6) is 1.03. The summed E-state index contributed by atoms with van der Waals surface area (Å²) >= 11 is 0. The average molecular weight is 270 g/mol. The highest BCUT2D eigenvalue weighted by Crippen LogP contribution is 2.24. The maximum absolute atomic E-state index is 5.94. The van der Waals surface area contributed by atoms with Gasteiger partial charge in [0.2, 0.25) is 0 Å². The van der Waals surface area contributed by atoms with Crippen LogP contribution in [0.4, 0.5) is 5.82 Å². The third-order valence-corrected chi connectivity index (χ3v) is 4.10. The molecule has 2 heterocycles. The molecule has 3 N–H and O–H groups in total. The van der Waals surface area contributed by atoms with Crippen molar-refractivity contribution in [1.82, 2.24) is 10.2 Å². The van der Waals surface area contributed by atoms with Gasteiger partial charge in [-0.2, -0.15) is 5.10 Å². The van der Waals surface area contributed by atoms with Gasteiger partial charge in [-0.3, -0.25) is 5.10 Å². The summed E-state index contributed by atoms with van der Waals surface area (Å²) in [6.07, 6.45) is 3.17. The van der Waals surface area contributed by atoms with Gasteiger partial charge >= 0.3 is 0 Å². The topological polar surface area (TPSA) is 57.9 Å². The smallest absolute Gasteiger partial charge is 0.150 e. The van der Waals surface area contributed by atoms with E-state index < -0.39 is 0 Å². The van der Waals surface area contributed by atoms with Crippen molar-refractivity contribution >= 4 is 5.82 Å². The van der Waals surface area contributed by atoms with E-state index in [0.29, 0.717) is 6.04 Å². The highest BCUT2D eigenvalue weighted by Gasteiger charge is 2.18. The Kier molecular flexibility index (Phi) is 3.74. The second-order valence-electron chi connectivity index (χ2n) is 5.51. The molecular formula is C16H22N4. The number of aromatic amines is 1. The summed E-state index contributed by atoms with van der Waals surface area (Å²) in [6, 6.07) is 11.2. The van der Waals surface area contributed by atoms with E-state index in [1.807, 2.05) is 0 Å². The van der Waals surface area contributed by atoms with Crippen molar-refractivity contribution in [3.8, 4) is 11.3 Å². The first-order valence-electron chi connectivity index (χ1n) is 7.41. The van der Waals surface area contributed by atoms with E-state index in [-0.39, 0.29) is 0 Å². The first-order chi connectivity index (χ1) is 9.76. The number of nitrogens with zero attached hydrogens (tertiary/aromatic N) is 2. The van der Waals surface area contributed by atoms with Gasteiger partial charge in [0, 0.05) is 25.2 Å². The molecule has 4 heteroatoms. The summed E-state index contributed by atoms with van der Waals surface area (Å²) in [5, 5.41) is 7.59. The molecule has 1 aromatic carbocycles. The van der Waals surface area contributed by atoms with Crippen LogP contribution in [-0.4, -0.2) is 29.3 Å². The number of piperidine rings is 1. The van der Waals surface area contributed by atoms with Gasteiger partial charge in [0.25, 0.3) is 0 Å². The average Bonchev–Trinajstić information content (AvgIpc) is 2.98. The maximum atomic E-state index is 5.94. The Labute approximate surface area is 120 Å². The fraction of sp³-hybridized carbons (Fsp3) is 0.438. The van der Waals surface area contributed by atoms with Crippen molar-refractivity contribution in [2.75, 3.05) is 18.0 Å². The lowest BCUT2D eigenvalue weighted by atomic mass is 10.1. The molecule has 1 fully saturated rings. The molecule has 2 aromatic rings. The molecule has 0 atom stereocenters. The van der Waals surface area contributed by atoms with E-state index in [2.05, 4.69) is 52.4 Å². The number of nitrogens with one attached hydrogen (secondary N) is 1. The van der Waals surface area contributed by atoms with E-state index in [1.165, 1.54) is 11.1 Å². The maximum Gasteiger partial charge on any atom is 0.150 e. The number of aryl methyl sites for hydroxylation is 1. The van der Waals surface area contributed by atoms with Crippen LogP contribution < -0.4 is 10.6 Å². The van der Waals surface area contributed by atoms with Crippen LogP contribution in [0.5, 0.6) is 0 Å². The summed E-state index contributed by atoms with van der Waals surface area (Å²) in [6.45, 7) is 4.17. The lowest BCUT2D eigenvalue weighted by Gasteiger charge is -2.29. The van der Waals surface area contributed by atoms with Gasteiger partial charge in [-0.25, -0.2) is 0 Å². The van der Waals surface area contributed by atoms with Gasteiger partial charge in [-0.05, 0) is 30.4 Å². The fourth-order valence-corrected chi connectivity index (χ4v) is 2.67. The molecule has 0 unspecified atom stereocenters. The van der Waals surface area contributed by atoms with Gasteiger partial charge in [0.05, 0.1) is 5.69 Å². The van der Waals surface area contributed by atoms with E-state index >= 15 is 0 Å². The minimum atomic E-state index is 0.353. The number of rotatable bonds is 3. The van der Waals surface area contributed by atoms with E-state index in [4.69, 9.17) is 5.73 Å². The molecule has 0 spiro atoms. The molecule has 0 radical (unpaired) electrons. The van der Waals surface area contributed by atoms with Gasteiger partial charge < -0.3 is 10.6 Å². The summed E-state index contributed by atoms with van der Waals surface area (Å²) in [4.78, 5) is 2.31. The molecule has 1 aliphatic heterocycles. The summed E-state index contributed by atoms with van der Waals surface area (Å²) < 4.78 is 0. The zero-order chi connectivity index (χ0) is 13.9. The van der Waals surface area contributed by atoms with Crippen LogP contribution in [0.2, 0.25) is 0 Å². The van der Waals surface area contributed by atoms with Crippen LogP contribution in [-0.2, 0) is 6.42 Å². The van der Waals surface area contributed by atoms with Crippen LogP contribution in [0.25, 0.3) is 11.3 Å². The fourth-order valence-electron chi connectivity index (χ4n) is 2.67. The Bertz CT molecular complexity index is 550.